The van der Waals surface area contributed by atoms with Crippen molar-refractivity contribution in [3.63, 3.8) is 0 Å². The van der Waals surface area contributed by atoms with E-state index >= 15 is 0 Å². The predicted molar refractivity (Wildman–Crippen MR) is 77.7 cm³/mol. The SMILES string of the molecule is CCN(C(=O)[C@H](C)NCC(F)(F)F)c1ccc(C#N)c(Cl)c1. The molecule has 0 unspecified atom stereocenters. The van der Waals surface area contributed by atoms with E-state index in [1.807, 2.05) is 6.07 Å². The van der Waals surface area contributed by atoms with E-state index in [1.54, 1.807) is 6.92 Å². The summed E-state index contributed by atoms with van der Waals surface area (Å²) in [5.74, 6) is -0.507. The van der Waals surface area contributed by atoms with Gasteiger partial charge in [0.15, 0.2) is 0 Å². The molecule has 0 fully saturated rings. The van der Waals surface area contributed by atoms with Crippen molar-refractivity contribution in [2.75, 3.05) is 18.0 Å². The summed E-state index contributed by atoms with van der Waals surface area (Å²) in [7, 11) is 0. The number of nitrogens with zero attached hydrogens (tertiary/aromatic N) is 2. The van der Waals surface area contributed by atoms with Crippen LogP contribution in [-0.4, -0.2) is 31.2 Å². The molecule has 1 amide bonds. The van der Waals surface area contributed by atoms with Crippen LogP contribution in [0.25, 0.3) is 0 Å². The van der Waals surface area contributed by atoms with Crippen molar-refractivity contribution in [3.8, 4) is 6.07 Å². The van der Waals surface area contributed by atoms with Crippen molar-refractivity contribution < 1.29 is 18.0 Å². The van der Waals surface area contributed by atoms with Gasteiger partial charge in [-0.3, -0.25) is 10.1 Å². The summed E-state index contributed by atoms with van der Waals surface area (Å²) in [6, 6.07) is 5.32. The molecular formula is C14H15ClF3N3O. The van der Waals surface area contributed by atoms with Crippen molar-refractivity contribution in [3.05, 3.63) is 28.8 Å². The number of likely N-dealkylation sites (N-methyl/N-ethyl adjacent to an activating group) is 1. The largest absolute Gasteiger partial charge is 0.401 e. The lowest BCUT2D eigenvalue weighted by Crippen LogP contribution is -2.47. The van der Waals surface area contributed by atoms with Crippen LogP contribution < -0.4 is 10.2 Å². The number of carbonyl (C=O) groups excluding carboxylic acids is 1. The predicted octanol–water partition coefficient (Wildman–Crippen LogP) is 3.10. The normalized spacial score (nSPS) is 12.6. The first-order valence-electron chi connectivity index (χ1n) is 6.50. The fourth-order valence-corrected chi connectivity index (χ4v) is 2.04. The van der Waals surface area contributed by atoms with Crippen molar-refractivity contribution in [1.29, 1.82) is 5.26 Å². The van der Waals surface area contributed by atoms with Gasteiger partial charge in [0.1, 0.15) is 6.07 Å². The molecule has 4 nitrogen and oxygen atoms in total. The van der Waals surface area contributed by atoms with Crippen molar-refractivity contribution in [2.45, 2.75) is 26.1 Å². The number of benzene rings is 1. The Hall–Kier alpha value is -1.78. The Morgan fingerprint density at radius 3 is 2.59 bits per heavy atom. The van der Waals surface area contributed by atoms with E-state index in [0.29, 0.717) is 5.69 Å². The zero-order valence-corrected chi connectivity index (χ0v) is 12.8. The van der Waals surface area contributed by atoms with Gasteiger partial charge in [-0.2, -0.15) is 18.4 Å². The molecule has 1 atom stereocenters. The molecule has 1 N–H and O–H groups in total. The first-order valence-corrected chi connectivity index (χ1v) is 6.88. The van der Waals surface area contributed by atoms with Gasteiger partial charge in [-0.25, -0.2) is 0 Å². The van der Waals surface area contributed by atoms with Crippen molar-refractivity contribution in [1.82, 2.24) is 5.32 Å². The van der Waals surface area contributed by atoms with Crippen LogP contribution in [0.3, 0.4) is 0 Å². The van der Waals surface area contributed by atoms with E-state index in [-0.39, 0.29) is 17.1 Å². The molecule has 1 aromatic carbocycles. The Balaban J connectivity index is 2.89. The smallest absolute Gasteiger partial charge is 0.311 e. The van der Waals surface area contributed by atoms with Crippen LogP contribution in [0, 0.1) is 11.3 Å². The number of halogens is 4. The summed E-state index contributed by atoms with van der Waals surface area (Å²) in [6.45, 7) is 2.08. The summed E-state index contributed by atoms with van der Waals surface area (Å²) in [5.41, 5.74) is 0.689. The van der Waals surface area contributed by atoms with E-state index in [2.05, 4.69) is 5.32 Å². The standard InChI is InChI=1S/C14H15ClF3N3O/c1-3-21(11-5-4-10(7-19)12(15)6-11)13(22)9(2)20-8-14(16,17)18/h4-6,9,20H,3,8H2,1-2H3/t9-/m0/s1. The van der Waals surface area contributed by atoms with Gasteiger partial charge in [-0.1, -0.05) is 11.6 Å². The molecule has 1 aromatic rings. The highest BCUT2D eigenvalue weighted by Gasteiger charge is 2.30. The molecule has 0 aliphatic rings. The average molecular weight is 334 g/mol. The monoisotopic (exact) mass is 333 g/mol. The molecule has 120 valence electrons. The van der Waals surface area contributed by atoms with E-state index < -0.39 is 24.7 Å². The Labute approximate surface area is 131 Å². The molecule has 0 saturated carbocycles. The number of alkyl halides is 3. The highest BCUT2D eigenvalue weighted by molar-refractivity contribution is 6.32. The molecule has 0 radical (unpaired) electrons. The van der Waals surface area contributed by atoms with Gasteiger partial charge in [0.05, 0.1) is 23.2 Å². The van der Waals surface area contributed by atoms with Gasteiger partial charge >= 0.3 is 6.18 Å². The number of rotatable bonds is 5. The first-order chi connectivity index (χ1) is 10.2. The third kappa shape index (κ3) is 4.90. The van der Waals surface area contributed by atoms with Crippen LogP contribution >= 0.6 is 11.6 Å². The Morgan fingerprint density at radius 2 is 2.14 bits per heavy atom. The molecule has 0 bridgehead atoms. The summed E-state index contributed by atoms with van der Waals surface area (Å²) in [6.07, 6.45) is -4.39. The highest BCUT2D eigenvalue weighted by Crippen LogP contribution is 2.24. The molecule has 1 rings (SSSR count). The van der Waals surface area contributed by atoms with E-state index in [1.165, 1.54) is 30.0 Å². The number of carbonyl (C=O) groups is 1. The number of amides is 1. The molecule has 22 heavy (non-hydrogen) atoms. The Morgan fingerprint density at radius 1 is 1.50 bits per heavy atom. The zero-order valence-electron chi connectivity index (χ0n) is 12.0. The summed E-state index contributed by atoms with van der Waals surface area (Å²) >= 11 is 5.91. The zero-order chi connectivity index (χ0) is 16.9. The number of anilines is 1. The minimum Gasteiger partial charge on any atom is -0.311 e. The minimum absolute atomic E-state index is 0.183. The second-order valence-electron chi connectivity index (χ2n) is 4.58. The lowest BCUT2D eigenvalue weighted by Gasteiger charge is -2.25. The average Bonchev–Trinajstić information content (AvgIpc) is 2.44. The number of nitriles is 1. The van der Waals surface area contributed by atoms with Crippen LogP contribution in [0.15, 0.2) is 18.2 Å². The van der Waals surface area contributed by atoms with Gasteiger partial charge in [0, 0.05) is 12.2 Å². The third-order valence-corrected chi connectivity index (χ3v) is 3.26. The molecule has 0 saturated heterocycles. The van der Waals surface area contributed by atoms with E-state index in [9.17, 15) is 18.0 Å². The first kappa shape index (κ1) is 18.3. The maximum absolute atomic E-state index is 12.2. The second-order valence-corrected chi connectivity index (χ2v) is 4.98. The minimum atomic E-state index is -4.39. The third-order valence-electron chi connectivity index (χ3n) is 2.95. The fourth-order valence-electron chi connectivity index (χ4n) is 1.82. The van der Waals surface area contributed by atoms with Crippen LogP contribution in [0.1, 0.15) is 19.4 Å². The van der Waals surface area contributed by atoms with Gasteiger partial charge in [-0.15, -0.1) is 0 Å². The van der Waals surface area contributed by atoms with Gasteiger partial charge in [-0.05, 0) is 32.0 Å². The number of nitrogens with one attached hydrogen (secondary N) is 1. The topological polar surface area (TPSA) is 56.1 Å². The van der Waals surface area contributed by atoms with Crippen LogP contribution in [0.2, 0.25) is 5.02 Å². The quantitative estimate of drug-likeness (QED) is 0.900. The van der Waals surface area contributed by atoms with E-state index in [4.69, 9.17) is 16.9 Å². The molecule has 0 heterocycles. The maximum Gasteiger partial charge on any atom is 0.401 e. The van der Waals surface area contributed by atoms with Gasteiger partial charge < -0.3 is 4.90 Å². The molecule has 0 aromatic heterocycles. The number of hydrogen-bond donors (Lipinski definition) is 1. The Kier molecular flexibility index (Phi) is 6.21. The summed E-state index contributed by atoms with van der Waals surface area (Å²) in [4.78, 5) is 13.6. The molecule has 0 spiro atoms. The lowest BCUT2D eigenvalue weighted by molar-refractivity contribution is -0.130. The maximum atomic E-state index is 12.2. The second kappa shape index (κ2) is 7.47. The summed E-state index contributed by atoms with van der Waals surface area (Å²) in [5, 5.41) is 11.1. The molecule has 0 aliphatic carbocycles. The highest BCUT2D eigenvalue weighted by atomic mass is 35.5. The van der Waals surface area contributed by atoms with Gasteiger partial charge in [0.2, 0.25) is 5.91 Å². The van der Waals surface area contributed by atoms with Crippen molar-refractivity contribution in [2.24, 2.45) is 0 Å². The molecule has 0 aliphatic heterocycles. The Bertz CT molecular complexity index is 584. The summed E-state index contributed by atoms with van der Waals surface area (Å²) < 4.78 is 36.6. The van der Waals surface area contributed by atoms with Crippen LogP contribution in [0.5, 0.6) is 0 Å². The number of hydrogen-bond acceptors (Lipinski definition) is 3. The molecular weight excluding hydrogens is 319 g/mol. The molecule has 8 heteroatoms. The lowest BCUT2D eigenvalue weighted by atomic mass is 10.2. The fraction of sp³-hybridized carbons (Fsp3) is 0.429. The van der Waals surface area contributed by atoms with Crippen molar-refractivity contribution >= 4 is 23.2 Å². The van der Waals surface area contributed by atoms with Crippen LogP contribution in [0.4, 0.5) is 18.9 Å². The van der Waals surface area contributed by atoms with Crippen LogP contribution in [-0.2, 0) is 4.79 Å². The van der Waals surface area contributed by atoms with Gasteiger partial charge in [0.25, 0.3) is 0 Å². The van der Waals surface area contributed by atoms with E-state index in [0.717, 1.165) is 0 Å².